The highest BCUT2D eigenvalue weighted by Gasteiger charge is 2.21. The van der Waals surface area contributed by atoms with Crippen molar-refractivity contribution in [2.45, 2.75) is 91.9 Å². The van der Waals surface area contributed by atoms with Gasteiger partial charge in [-0.3, -0.25) is 0 Å². The third-order valence-corrected chi connectivity index (χ3v) is 3.76. The van der Waals surface area contributed by atoms with Crippen LogP contribution in [0.5, 0.6) is 0 Å². The standard InChI is InChI=1S/C21H34N/c1-5-9-10-11-12-13-14-15-16-17-21-22(18-6-2,19-7-3)20-8-4/h5,9-17,21H2,1-4H3/q+1. The highest BCUT2D eigenvalue weighted by Crippen LogP contribution is 2.12. The minimum absolute atomic E-state index is 0.320. The molecule has 122 valence electrons. The van der Waals surface area contributed by atoms with E-state index in [2.05, 4.69) is 42.8 Å². The maximum atomic E-state index is 3.17. The number of nitrogens with zero attached hydrogens (tertiary/aromatic N) is 1. The smallest absolute Gasteiger partial charge is 0.0961 e. The lowest BCUT2D eigenvalue weighted by atomic mass is 10.1. The predicted octanol–water partition coefficient (Wildman–Crippen LogP) is 5.67. The molecule has 0 aliphatic rings. The molecule has 1 nitrogen and oxygen atoms in total. The molecule has 0 unspecified atom stereocenters. The van der Waals surface area contributed by atoms with Gasteiger partial charge in [0.1, 0.15) is 6.54 Å². The fraction of sp³-hybridized carbons (Fsp3) is 0.714. The lowest BCUT2D eigenvalue weighted by Gasteiger charge is -2.15. The molecular weight excluding hydrogens is 266 g/mol. The van der Waals surface area contributed by atoms with E-state index >= 15 is 0 Å². The van der Waals surface area contributed by atoms with Crippen LogP contribution in [0.1, 0.15) is 91.9 Å². The average molecular weight is 301 g/mol. The molecule has 0 aliphatic heterocycles. The summed E-state index contributed by atoms with van der Waals surface area (Å²) in [6.45, 7) is 8.77. The van der Waals surface area contributed by atoms with Gasteiger partial charge in [0, 0.05) is 20.8 Å². The Bertz CT molecular complexity index is 391. The molecular formula is C21H34N+. The first-order valence-corrected chi connectivity index (χ1v) is 8.94. The van der Waals surface area contributed by atoms with Gasteiger partial charge in [-0.25, -0.2) is 0 Å². The van der Waals surface area contributed by atoms with Crippen LogP contribution in [0, 0.1) is 35.9 Å². The molecule has 0 amide bonds. The third-order valence-electron chi connectivity index (χ3n) is 3.76. The molecule has 0 saturated carbocycles. The summed E-state index contributed by atoms with van der Waals surface area (Å²) in [5.41, 5.74) is 0. The molecule has 0 heterocycles. The quantitative estimate of drug-likeness (QED) is 0.262. The van der Waals surface area contributed by atoms with Crippen molar-refractivity contribution < 1.29 is 4.48 Å². The van der Waals surface area contributed by atoms with Gasteiger partial charge in [-0.2, -0.15) is 0 Å². The average Bonchev–Trinajstić information content (AvgIpc) is 2.50. The molecule has 1 heteroatoms. The van der Waals surface area contributed by atoms with Crippen molar-refractivity contribution in [3.05, 3.63) is 0 Å². The highest BCUT2D eigenvalue weighted by molar-refractivity contribution is 5.05. The molecule has 0 bridgehead atoms. The van der Waals surface area contributed by atoms with Crippen molar-refractivity contribution in [2.75, 3.05) is 6.54 Å². The normalized spacial score (nSPS) is 9.82. The maximum Gasteiger partial charge on any atom is 0.166 e. The van der Waals surface area contributed by atoms with Crippen molar-refractivity contribution in [3.8, 4) is 35.9 Å². The minimum atomic E-state index is 0.320. The molecule has 0 aromatic rings. The second kappa shape index (κ2) is 14.6. The van der Waals surface area contributed by atoms with Gasteiger partial charge in [-0.1, -0.05) is 62.8 Å². The molecule has 0 N–H and O–H groups in total. The van der Waals surface area contributed by atoms with Crippen LogP contribution in [0.25, 0.3) is 0 Å². The Hall–Kier alpha value is -1.36. The lowest BCUT2D eigenvalue weighted by molar-refractivity contribution is -0.721. The zero-order valence-corrected chi connectivity index (χ0v) is 15.2. The largest absolute Gasteiger partial charge is 0.166 e. The Morgan fingerprint density at radius 1 is 0.545 bits per heavy atom. The van der Waals surface area contributed by atoms with Crippen LogP contribution in [0.4, 0.5) is 0 Å². The van der Waals surface area contributed by atoms with Crippen LogP contribution < -0.4 is 0 Å². The molecule has 0 radical (unpaired) electrons. The monoisotopic (exact) mass is 300 g/mol. The Morgan fingerprint density at radius 3 is 1.27 bits per heavy atom. The molecule has 22 heavy (non-hydrogen) atoms. The summed E-state index contributed by atoms with van der Waals surface area (Å²) in [5.74, 6) is 8.94. The van der Waals surface area contributed by atoms with Crippen LogP contribution in [-0.4, -0.2) is 11.0 Å². The molecule has 0 saturated heterocycles. The molecule has 0 aliphatic carbocycles. The lowest BCUT2D eigenvalue weighted by Crippen LogP contribution is -2.34. The third kappa shape index (κ3) is 10.4. The van der Waals surface area contributed by atoms with E-state index < -0.39 is 0 Å². The summed E-state index contributed by atoms with van der Waals surface area (Å²) in [6, 6.07) is 9.51. The number of hydrogen-bond acceptors (Lipinski definition) is 0. The van der Waals surface area contributed by atoms with Gasteiger partial charge in [-0.15, -0.1) is 0 Å². The van der Waals surface area contributed by atoms with Crippen LogP contribution >= 0.6 is 0 Å². The summed E-state index contributed by atoms with van der Waals surface area (Å²) in [5, 5.41) is 0. The van der Waals surface area contributed by atoms with Crippen molar-refractivity contribution in [2.24, 2.45) is 0 Å². The Kier molecular flexibility index (Phi) is 13.7. The number of unbranched alkanes of at least 4 members (excludes halogenated alkanes) is 9. The van der Waals surface area contributed by atoms with Gasteiger partial charge in [0.25, 0.3) is 0 Å². The van der Waals surface area contributed by atoms with Crippen molar-refractivity contribution in [1.82, 2.24) is 0 Å². The van der Waals surface area contributed by atoms with Gasteiger partial charge >= 0.3 is 0 Å². The Balaban J connectivity index is 3.91. The van der Waals surface area contributed by atoms with E-state index in [0.29, 0.717) is 4.48 Å². The van der Waals surface area contributed by atoms with E-state index in [4.69, 9.17) is 0 Å². The van der Waals surface area contributed by atoms with E-state index in [1.54, 1.807) is 0 Å². The second-order valence-electron chi connectivity index (χ2n) is 5.80. The number of hydrogen-bond donors (Lipinski definition) is 0. The van der Waals surface area contributed by atoms with Gasteiger partial charge in [-0.05, 0) is 30.6 Å². The summed E-state index contributed by atoms with van der Waals surface area (Å²) in [6.07, 6.45) is 13.5. The van der Waals surface area contributed by atoms with Gasteiger partial charge in [0.2, 0.25) is 0 Å². The topological polar surface area (TPSA) is 0 Å². The first kappa shape index (κ1) is 20.6. The van der Waals surface area contributed by atoms with Crippen LogP contribution in [0.15, 0.2) is 0 Å². The Morgan fingerprint density at radius 2 is 0.909 bits per heavy atom. The van der Waals surface area contributed by atoms with E-state index in [-0.39, 0.29) is 0 Å². The van der Waals surface area contributed by atoms with Crippen molar-refractivity contribution >= 4 is 0 Å². The van der Waals surface area contributed by atoms with Crippen LogP contribution in [0.3, 0.4) is 0 Å². The minimum Gasteiger partial charge on any atom is -0.0961 e. The predicted molar refractivity (Wildman–Crippen MR) is 97.3 cm³/mol. The maximum absolute atomic E-state index is 3.17. The van der Waals surface area contributed by atoms with E-state index in [9.17, 15) is 0 Å². The fourth-order valence-corrected chi connectivity index (χ4v) is 2.66. The van der Waals surface area contributed by atoms with Crippen molar-refractivity contribution in [1.29, 1.82) is 0 Å². The van der Waals surface area contributed by atoms with Gasteiger partial charge in [0.05, 0.1) is 0 Å². The van der Waals surface area contributed by atoms with Gasteiger partial charge in [0.15, 0.2) is 18.1 Å². The zero-order chi connectivity index (χ0) is 16.5. The zero-order valence-electron chi connectivity index (χ0n) is 15.2. The SMILES string of the molecule is CC#C[N+](C#CC)(C#CC)CCCCCCCCCCCC. The molecule has 0 atom stereocenters. The van der Waals surface area contributed by atoms with Crippen molar-refractivity contribution in [3.63, 3.8) is 0 Å². The number of rotatable bonds is 11. The molecule has 0 rings (SSSR count). The molecule has 0 fully saturated rings. The first-order valence-electron chi connectivity index (χ1n) is 8.94. The molecule has 0 spiro atoms. The second-order valence-corrected chi connectivity index (χ2v) is 5.80. The van der Waals surface area contributed by atoms with Gasteiger partial charge < -0.3 is 0 Å². The van der Waals surface area contributed by atoms with Crippen LogP contribution in [-0.2, 0) is 0 Å². The summed E-state index contributed by atoms with van der Waals surface area (Å²) in [7, 11) is 0. The molecule has 0 aromatic heterocycles. The highest BCUT2D eigenvalue weighted by atomic mass is 15.3. The van der Waals surface area contributed by atoms with Crippen LogP contribution in [0.2, 0.25) is 0 Å². The first-order chi connectivity index (χ1) is 10.7. The van der Waals surface area contributed by atoms with E-state index in [1.165, 1.54) is 57.8 Å². The van der Waals surface area contributed by atoms with E-state index in [0.717, 1.165) is 13.0 Å². The molecule has 0 aromatic carbocycles. The summed E-state index contributed by atoms with van der Waals surface area (Å²) >= 11 is 0. The number of quaternary nitrogens is 1. The Labute approximate surface area is 139 Å². The summed E-state index contributed by atoms with van der Waals surface area (Å²) < 4.78 is 0.320. The van der Waals surface area contributed by atoms with E-state index in [1.807, 2.05) is 20.8 Å². The fourth-order valence-electron chi connectivity index (χ4n) is 2.66. The summed E-state index contributed by atoms with van der Waals surface area (Å²) in [4.78, 5) is 0.